The molecule has 0 amide bonds. The standard InChI is InChI=1S/C12H20N2O6S/c1-20-12(17)9-4-7-13(8-5-9)21(18,19)14-6-2-3-10(14)11(15)16/h9-10H,2-8H2,1H3,(H,15,16). The van der Waals surface area contributed by atoms with Crippen molar-refractivity contribution in [3.63, 3.8) is 0 Å². The summed E-state index contributed by atoms with van der Waals surface area (Å²) >= 11 is 0. The Morgan fingerprint density at radius 1 is 1.14 bits per heavy atom. The summed E-state index contributed by atoms with van der Waals surface area (Å²) in [6.45, 7) is 0.659. The highest BCUT2D eigenvalue weighted by Crippen LogP contribution is 2.27. The Morgan fingerprint density at radius 2 is 1.76 bits per heavy atom. The van der Waals surface area contributed by atoms with Crippen molar-refractivity contribution in [3.05, 3.63) is 0 Å². The van der Waals surface area contributed by atoms with E-state index in [1.54, 1.807) is 0 Å². The average molecular weight is 320 g/mol. The molecule has 0 radical (unpaired) electrons. The first-order valence-corrected chi connectivity index (χ1v) is 8.35. The molecule has 21 heavy (non-hydrogen) atoms. The summed E-state index contributed by atoms with van der Waals surface area (Å²) in [6.07, 6.45) is 1.69. The summed E-state index contributed by atoms with van der Waals surface area (Å²) < 4.78 is 32.0. The van der Waals surface area contributed by atoms with Crippen LogP contribution in [0.4, 0.5) is 0 Å². The molecule has 2 aliphatic rings. The van der Waals surface area contributed by atoms with Gasteiger partial charge in [-0.2, -0.15) is 17.0 Å². The summed E-state index contributed by atoms with van der Waals surface area (Å²) in [7, 11) is -2.47. The van der Waals surface area contributed by atoms with E-state index in [9.17, 15) is 18.0 Å². The number of piperidine rings is 1. The predicted molar refractivity (Wildman–Crippen MR) is 72.6 cm³/mol. The number of carbonyl (C=O) groups is 2. The molecule has 2 aliphatic heterocycles. The van der Waals surface area contributed by atoms with Crippen LogP contribution in [0.5, 0.6) is 0 Å². The van der Waals surface area contributed by atoms with E-state index in [2.05, 4.69) is 4.74 Å². The number of methoxy groups -OCH3 is 1. The summed E-state index contributed by atoms with van der Waals surface area (Å²) in [5.41, 5.74) is 0. The SMILES string of the molecule is COC(=O)C1CCN(S(=O)(=O)N2CCCC2C(=O)O)CC1. The first-order valence-electron chi connectivity index (χ1n) is 6.95. The summed E-state index contributed by atoms with van der Waals surface area (Å²) in [5, 5.41) is 9.11. The molecule has 1 N–H and O–H groups in total. The van der Waals surface area contributed by atoms with E-state index < -0.39 is 22.2 Å². The molecule has 2 heterocycles. The number of hydrogen-bond donors (Lipinski definition) is 1. The van der Waals surface area contributed by atoms with E-state index in [1.807, 2.05) is 0 Å². The normalized spacial score (nSPS) is 25.9. The molecule has 0 saturated carbocycles. The molecule has 0 aromatic heterocycles. The first kappa shape index (κ1) is 16.2. The fourth-order valence-electron chi connectivity index (χ4n) is 2.90. The Hall–Kier alpha value is -1.19. The van der Waals surface area contributed by atoms with Gasteiger partial charge in [0.1, 0.15) is 6.04 Å². The number of carboxylic acid groups (broad SMARTS) is 1. The number of esters is 1. The molecule has 2 saturated heterocycles. The maximum Gasteiger partial charge on any atom is 0.322 e. The number of aliphatic carboxylic acids is 1. The lowest BCUT2D eigenvalue weighted by molar-refractivity contribution is -0.146. The lowest BCUT2D eigenvalue weighted by Gasteiger charge is -2.33. The largest absolute Gasteiger partial charge is 0.480 e. The molecule has 0 bridgehead atoms. The average Bonchev–Trinajstić information content (AvgIpc) is 2.97. The zero-order chi connectivity index (χ0) is 15.6. The van der Waals surface area contributed by atoms with Gasteiger partial charge in [-0.1, -0.05) is 0 Å². The smallest absolute Gasteiger partial charge is 0.322 e. The van der Waals surface area contributed by atoms with Crippen LogP contribution in [0.25, 0.3) is 0 Å². The number of rotatable bonds is 4. The topological polar surface area (TPSA) is 104 Å². The number of ether oxygens (including phenoxy) is 1. The van der Waals surface area contributed by atoms with E-state index in [4.69, 9.17) is 5.11 Å². The monoisotopic (exact) mass is 320 g/mol. The molecule has 9 heteroatoms. The van der Waals surface area contributed by atoms with Crippen molar-refractivity contribution >= 4 is 22.1 Å². The lowest BCUT2D eigenvalue weighted by Crippen LogP contribution is -2.51. The van der Waals surface area contributed by atoms with E-state index >= 15 is 0 Å². The highest BCUT2D eigenvalue weighted by molar-refractivity contribution is 7.86. The maximum absolute atomic E-state index is 12.5. The molecule has 8 nitrogen and oxygen atoms in total. The van der Waals surface area contributed by atoms with Crippen molar-refractivity contribution < 1.29 is 27.9 Å². The van der Waals surface area contributed by atoms with Crippen LogP contribution < -0.4 is 0 Å². The number of carbonyl (C=O) groups excluding carboxylic acids is 1. The zero-order valence-corrected chi connectivity index (χ0v) is 12.7. The predicted octanol–water partition coefficient (Wildman–Crippen LogP) is -0.335. The van der Waals surface area contributed by atoms with Gasteiger partial charge in [-0.15, -0.1) is 0 Å². The molecule has 1 atom stereocenters. The lowest BCUT2D eigenvalue weighted by atomic mass is 9.99. The third-order valence-electron chi connectivity index (χ3n) is 4.10. The fraction of sp³-hybridized carbons (Fsp3) is 0.833. The van der Waals surface area contributed by atoms with Crippen LogP contribution >= 0.6 is 0 Å². The van der Waals surface area contributed by atoms with Crippen LogP contribution in [-0.4, -0.2) is 66.9 Å². The minimum atomic E-state index is -3.78. The van der Waals surface area contributed by atoms with Crippen LogP contribution in [0.3, 0.4) is 0 Å². The van der Waals surface area contributed by atoms with Crippen LogP contribution in [0, 0.1) is 5.92 Å². The Kier molecular flexibility index (Phi) is 4.84. The molecule has 120 valence electrons. The zero-order valence-electron chi connectivity index (χ0n) is 11.9. The molecule has 2 fully saturated rings. The molecule has 0 spiro atoms. The number of hydrogen-bond acceptors (Lipinski definition) is 5. The summed E-state index contributed by atoms with van der Waals surface area (Å²) in [6, 6.07) is -0.978. The highest BCUT2D eigenvalue weighted by atomic mass is 32.2. The van der Waals surface area contributed by atoms with Crippen LogP contribution in [0.2, 0.25) is 0 Å². The minimum absolute atomic E-state index is 0.213. The highest BCUT2D eigenvalue weighted by Gasteiger charge is 2.43. The minimum Gasteiger partial charge on any atom is -0.480 e. The molecule has 0 aromatic rings. The second-order valence-electron chi connectivity index (χ2n) is 5.31. The fourth-order valence-corrected chi connectivity index (χ4v) is 4.75. The van der Waals surface area contributed by atoms with E-state index in [1.165, 1.54) is 11.4 Å². The first-order chi connectivity index (χ1) is 9.87. The van der Waals surface area contributed by atoms with Crippen LogP contribution in [-0.2, 0) is 24.5 Å². The molecule has 1 unspecified atom stereocenters. The Morgan fingerprint density at radius 3 is 2.29 bits per heavy atom. The second-order valence-corrected chi connectivity index (χ2v) is 7.19. The van der Waals surface area contributed by atoms with Crippen molar-refractivity contribution in [3.8, 4) is 0 Å². The van der Waals surface area contributed by atoms with Gasteiger partial charge < -0.3 is 9.84 Å². The van der Waals surface area contributed by atoms with Gasteiger partial charge in [0.05, 0.1) is 13.0 Å². The van der Waals surface area contributed by atoms with Crippen molar-refractivity contribution in [1.82, 2.24) is 8.61 Å². The quantitative estimate of drug-likeness (QED) is 0.711. The van der Waals surface area contributed by atoms with E-state index in [0.717, 1.165) is 4.31 Å². The molecular weight excluding hydrogens is 300 g/mol. The van der Waals surface area contributed by atoms with E-state index in [0.29, 0.717) is 25.7 Å². The van der Waals surface area contributed by atoms with Crippen molar-refractivity contribution in [2.24, 2.45) is 5.92 Å². The van der Waals surface area contributed by atoms with Gasteiger partial charge in [0.2, 0.25) is 0 Å². The third-order valence-corrected chi connectivity index (χ3v) is 6.15. The summed E-state index contributed by atoms with van der Waals surface area (Å²) in [4.78, 5) is 22.6. The van der Waals surface area contributed by atoms with Gasteiger partial charge in [0, 0.05) is 19.6 Å². The Balaban J connectivity index is 2.05. The van der Waals surface area contributed by atoms with Gasteiger partial charge in [0.25, 0.3) is 10.2 Å². The van der Waals surface area contributed by atoms with Crippen molar-refractivity contribution in [2.45, 2.75) is 31.7 Å². The van der Waals surface area contributed by atoms with Crippen LogP contribution in [0.1, 0.15) is 25.7 Å². The van der Waals surface area contributed by atoms with E-state index in [-0.39, 0.29) is 31.5 Å². The molecule has 0 aromatic carbocycles. The third kappa shape index (κ3) is 3.19. The molecule has 2 rings (SSSR count). The Bertz CT molecular complexity index is 512. The van der Waals surface area contributed by atoms with Gasteiger partial charge >= 0.3 is 11.9 Å². The van der Waals surface area contributed by atoms with Crippen molar-refractivity contribution in [1.29, 1.82) is 0 Å². The Labute approximate surface area is 123 Å². The van der Waals surface area contributed by atoms with Gasteiger partial charge in [-0.3, -0.25) is 9.59 Å². The van der Waals surface area contributed by atoms with Gasteiger partial charge in [-0.05, 0) is 25.7 Å². The number of carboxylic acids is 1. The second kappa shape index (κ2) is 6.29. The molecule has 0 aliphatic carbocycles. The van der Waals surface area contributed by atoms with Gasteiger partial charge in [-0.25, -0.2) is 0 Å². The van der Waals surface area contributed by atoms with Gasteiger partial charge in [0.15, 0.2) is 0 Å². The van der Waals surface area contributed by atoms with Crippen LogP contribution in [0.15, 0.2) is 0 Å². The summed E-state index contributed by atoms with van der Waals surface area (Å²) in [5.74, 6) is -1.72. The molecular formula is C12H20N2O6S. The maximum atomic E-state index is 12.5. The van der Waals surface area contributed by atoms with Crippen molar-refractivity contribution in [2.75, 3.05) is 26.7 Å². The number of nitrogens with zero attached hydrogens (tertiary/aromatic N) is 2.